The average molecular weight is 772 g/mol. The third-order valence-electron chi connectivity index (χ3n) is 9.61. The van der Waals surface area contributed by atoms with Crippen LogP contribution in [0.25, 0.3) is 0 Å². The molecular weight excluding hydrogens is 731 g/mol. The normalized spacial score (nSPS) is 25.0. The number of hydrogen-bond acceptors (Lipinski definition) is 9. The second-order valence-electron chi connectivity index (χ2n) is 13.0. The van der Waals surface area contributed by atoms with Crippen LogP contribution in [0.4, 0.5) is 0 Å². The van der Waals surface area contributed by atoms with E-state index >= 15 is 4.79 Å². The quantitative estimate of drug-likeness (QED) is 0.299. The maximum atomic E-state index is 15.3. The minimum absolute atomic E-state index is 0.0175. The topological polar surface area (TPSA) is 125 Å². The van der Waals surface area contributed by atoms with Gasteiger partial charge in [-0.25, -0.2) is 16.8 Å². The molecule has 3 atom stereocenters. The standard InChI is InChI=1S/C34H41Cl3N4O6S2/c1-6-47-29-22-28(37)30(49(5,45)46)21-27(29)34(31(42)41-17-15-40(16-18-41)19-20-48(4,43)44)38-32(2,23-7-11-25(35)12-8-23)33(3,39-34)24-9-13-26(36)14-10-24/h7-14,21-22,38-39H,6,15-20H2,1-5H3/t32-,33+,34?. The Morgan fingerprint density at radius 3 is 1.73 bits per heavy atom. The summed E-state index contributed by atoms with van der Waals surface area (Å²) in [6.07, 6.45) is 2.27. The zero-order chi connectivity index (χ0) is 36.0. The third-order valence-corrected chi connectivity index (χ3v) is 12.6. The molecule has 2 N–H and O–H groups in total. The van der Waals surface area contributed by atoms with Crippen molar-refractivity contribution in [2.45, 2.75) is 42.4 Å². The molecule has 0 aliphatic carbocycles. The van der Waals surface area contributed by atoms with Gasteiger partial charge >= 0.3 is 0 Å². The molecule has 0 saturated carbocycles. The van der Waals surface area contributed by atoms with E-state index < -0.39 is 36.4 Å². The fourth-order valence-corrected chi connectivity index (χ4v) is 8.93. The molecule has 266 valence electrons. The van der Waals surface area contributed by atoms with Crippen LogP contribution in [0, 0.1) is 0 Å². The molecule has 10 nitrogen and oxygen atoms in total. The van der Waals surface area contributed by atoms with E-state index in [2.05, 4.69) is 10.6 Å². The molecule has 2 saturated heterocycles. The number of piperazine rings is 1. The largest absolute Gasteiger partial charge is 0.493 e. The van der Waals surface area contributed by atoms with Gasteiger partial charge in [0.2, 0.25) is 0 Å². The number of benzene rings is 3. The van der Waals surface area contributed by atoms with Crippen molar-refractivity contribution in [3.8, 4) is 5.75 Å². The van der Waals surface area contributed by atoms with Crippen LogP contribution in [-0.4, -0.2) is 90.1 Å². The summed E-state index contributed by atoms with van der Waals surface area (Å²) in [6, 6.07) is 17.5. The van der Waals surface area contributed by atoms with E-state index in [1.807, 2.05) is 43.0 Å². The highest BCUT2D eigenvalue weighted by atomic mass is 35.5. The number of nitrogens with one attached hydrogen (secondary N) is 2. The zero-order valence-electron chi connectivity index (χ0n) is 28.0. The number of nitrogens with zero attached hydrogens (tertiary/aromatic N) is 2. The highest BCUT2D eigenvalue weighted by molar-refractivity contribution is 7.91. The van der Waals surface area contributed by atoms with Crippen LogP contribution < -0.4 is 15.4 Å². The Hall–Kier alpha value is -2.42. The number of halogens is 3. The van der Waals surface area contributed by atoms with E-state index in [4.69, 9.17) is 39.5 Å². The molecule has 49 heavy (non-hydrogen) atoms. The highest BCUT2D eigenvalue weighted by Crippen LogP contribution is 2.52. The summed E-state index contributed by atoms with van der Waals surface area (Å²) in [4.78, 5) is 18.9. The fraction of sp³-hybridized carbons (Fsp3) is 0.441. The molecule has 0 bridgehead atoms. The zero-order valence-corrected chi connectivity index (χ0v) is 31.9. The molecule has 2 aliphatic heterocycles. The molecule has 1 amide bonds. The number of rotatable bonds is 10. The first kappa shape index (κ1) is 37.8. The molecule has 0 spiro atoms. The number of ether oxygens (including phenoxy) is 1. The van der Waals surface area contributed by atoms with E-state index in [-0.39, 0.29) is 39.5 Å². The summed E-state index contributed by atoms with van der Waals surface area (Å²) in [5.74, 6) is -0.112. The van der Waals surface area contributed by atoms with Crippen LogP contribution >= 0.6 is 34.8 Å². The Kier molecular flexibility index (Phi) is 10.8. The Labute approximate surface area is 303 Å². The lowest BCUT2D eigenvalue weighted by atomic mass is 9.72. The first-order valence-electron chi connectivity index (χ1n) is 15.8. The van der Waals surface area contributed by atoms with Crippen LogP contribution in [0.5, 0.6) is 5.75 Å². The van der Waals surface area contributed by atoms with Crippen molar-refractivity contribution < 1.29 is 26.4 Å². The van der Waals surface area contributed by atoms with Gasteiger partial charge < -0.3 is 9.64 Å². The lowest BCUT2D eigenvalue weighted by Gasteiger charge is -2.41. The van der Waals surface area contributed by atoms with E-state index in [9.17, 15) is 16.8 Å². The van der Waals surface area contributed by atoms with Crippen molar-refractivity contribution in [1.29, 1.82) is 0 Å². The predicted molar refractivity (Wildman–Crippen MR) is 194 cm³/mol. The van der Waals surface area contributed by atoms with Crippen molar-refractivity contribution in [3.63, 3.8) is 0 Å². The van der Waals surface area contributed by atoms with Crippen LogP contribution in [0.1, 0.15) is 37.5 Å². The smallest absolute Gasteiger partial charge is 0.262 e. The lowest BCUT2D eigenvalue weighted by Crippen LogP contribution is -2.63. The summed E-state index contributed by atoms with van der Waals surface area (Å²) in [6.45, 7) is 7.83. The van der Waals surface area contributed by atoms with Gasteiger partial charge in [-0.2, -0.15) is 0 Å². The summed E-state index contributed by atoms with van der Waals surface area (Å²) < 4.78 is 55.9. The van der Waals surface area contributed by atoms with Gasteiger partial charge in [0.25, 0.3) is 5.91 Å². The van der Waals surface area contributed by atoms with Crippen LogP contribution in [0.3, 0.4) is 0 Å². The minimum Gasteiger partial charge on any atom is -0.493 e. The molecule has 2 fully saturated rings. The van der Waals surface area contributed by atoms with Gasteiger partial charge in [-0.05, 0) is 62.2 Å². The van der Waals surface area contributed by atoms with Gasteiger partial charge in [-0.15, -0.1) is 0 Å². The summed E-state index contributed by atoms with van der Waals surface area (Å²) in [7, 11) is -7.00. The summed E-state index contributed by atoms with van der Waals surface area (Å²) in [5.41, 5.74) is -1.97. The van der Waals surface area contributed by atoms with Gasteiger partial charge in [0, 0.05) is 66.9 Å². The molecule has 5 rings (SSSR count). The Morgan fingerprint density at radius 1 is 0.816 bits per heavy atom. The van der Waals surface area contributed by atoms with Gasteiger partial charge in [-0.1, -0.05) is 59.1 Å². The molecule has 3 aromatic rings. The summed E-state index contributed by atoms with van der Waals surface area (Å²) >= 11 is 19.2. The van der Waals surface area contributed by atoms with Gasteiger partial charge in [0.15, 0.2) is 15.5 Å². The number of sulfone groups is 2. The van der Waals surface area contributed by atoms with Crippen molar-refractivity contribution >= 4 is 60.4 Å². The maximum absolute atomic E-state index is 15.3. The number of carbonyl (C=O) groups is 1. The molecule has 1 unspecified atom stereocenters. The lowest BCUT2D eigenvalue weighted by molar-refractivity contribution is -0.141. The Bertz CT molecular complexity index is 1880. The molecule has 2 aliphatic rings. The molecule has 0 radical (unpaired) electrons. The number of hydrogen-bond donors (Lipinski definition) is 2. The molecule has 0 aromatic heterocycles. The van der Waals surface area contributed by atoms with Gasteiger partial charge in [0.1, 0.15) is 15.6 Å². The first-order chi connectivity index (χ1) is 22.8. The second-order valence-corrected chi connectivity index (χ2v) is 18.5. The van der Waals surface area contributed by atoms with Crippen molar-refractivity contribution in [3.05, 3.63) is 92.4 Å². The molecular formula is C34H41Cl3N4O6S2. The Morgan fingerprint density at radius 2 is 1.31 bits per heavy atom. The molecule has 2 heterocycles. The molecule has 15 heteroatoms. The van der Waals surface area contributed by atoms with Crippen LogP contribution in [-0.2, 0) is 41.2 Å². The van der Waals surface area contributed by atoms with E-state index in [1.165, 1.54) is 18.4 Å². The van der Waals surface area contributed by atoms with Crippen molar-refractivity contribution in [2.75, 3.05) is 57.6 Å². The Balaban J connectivity index is 1.74. The van der Waals surface area contributed by atoms with Crippen molar-refractivity contribution in [1.82, 2.24) is 20.4 Å². The summed E-state index contributed by atoms with van der Waals surface area (Å²) in [5, 5.41) is 8.44. The van der Waals surface area contributed by atoms with E-state index in [1.54, 1.807) is 36.1 Å². The fourth-order valence-electron chi connectivity index (χ4n) is 6.77. The third kappa shape index (κ3) is 7.48. The SMILES string of the molecule is CCOc1cc(Cl)c(S(C)(=O)=O)cc1C1(C(=O)N2CCN(CCS(C)(=O)=O)CC2)N[C@@](C)(c2ccc(Cl)cc2)[C@@](C)(c2ccc(Cl)cc2)N1. The minimum atomic E-state index is -3.84. The first-order valence-corrected chi connectivity index (χ1v) is 20.9. The van der Waals surface area contributed by atoms with Gasteiger partial charge in [0.05, 0.1) is 33.4 Å². The van der Waals surface area contributed by atoms with Gasteiger partial charge in [-0.3, -0.25) is 20.3 Å². The average Bonchev–Trinajstić information content (AvgIpc) is 3.28. The van der Waals surface area contributed by atoms with Crippen LogP contribution in [0.2, 0.25) is 15.1 Å². The maximum Gasteiger partial charge on any atom is 0.262 e. The number of amides is 1. The highest BCUT2D eigenvalue weighted by Gasteiger charge is 2.65. The molecule has 3 aromatic carbocycles. The second kappa shape index (κ2) is 14.0. The number of carbonyl (C=O) groups excluding carboxylic acids is 1. The van der Waals surface area contributed by atoms with E-state index in [0.29, 0.717) is 42.8 Å². The predicted octanol–water partition coefficient (Wildman–Crippen LogP) is 4.81. The monoisotopic (exact) mass is 770 g/mol. The van der Waals surface area contributed by atoms with E-state index in [0.717, 1.165) is 17.4 Å². The van der Waals surface area contributed by atoms with Crippen molar-refractivity contribution in [2.24, 2.45) is 0 Å². The van der Waals surface area contributed by atoms with Crippen LogP contribution in [0.15, 0.2) is 65.6 Å².